The molecule has 1 atom stereocenters. The highest BCUT2D eigenvalue weighted by atomic mass is 16.6. The fraction of sp³-hybridized carbons (Fsp3) is 0.846. The molecule has 0 spiro atoms. The molecule has 7 nitrogen and oxygen atoms in total. The molecule has 118 valence electrons. The van der Waals surface area contributed by atoms with Crippen LogP contribution in [-0.4, -0.2) is 43.3 Å². The van der Waals surface area contributed by atoms with Gasteiger partial charge in [0.15, 0.2) is 0 Å². The largest absolute Gasteiger partial charge is 0.444 e. The Morgan fingerprint density at radius 1 is 1.20 bits per heavy atom. The zero-order valence-electron chi connectivity index (χ0n) is 12.7. The van der Waals surface area contributed by atoms with Crippen molar-refractivity contribution < 1.29 is 14.3 Å². The summed E-state index contributed by atoms with van der Waals surface area (Å²) in [6.07, 6.45) is 1.33. The number of carbonyl (C=O) groups is 2. The molecular weight excluding hydrogens is 260 g/mol. The molecule has 0 unspecified atom stereocenters. The van der Waals surface area contributed by atoms with Gasteiger partial charge in [-0.15, -0.1) is 0 Å². The quantitative estimate of drug-likeness (QED) is 0.472. The predicted molar refractivity (Wildman–Crippen MR) is 78.1 cm³/mol. The van der Waals surface area contributed by atoms with Gasteiger partial charge in [-0.2, -0.15) is 0 Å². The number of nitrogens with two attached hydrogens (primary N) is 2. The summed E-state index contributed by atoms with van der Waals surface area (Å²) in [5.74, 6) is -0.125. The number of hydrogen-bond donors (Lipinski definition) is 4. The van der Waals surface area contributed by atoms with Gasteiger partial charge in [-0.3, -0.25) is 4.79 Å². The van der Waals surface area contributed by atoms with Crippen LogP contribution in [0.15, 0.2) is 0 Å². The Bertz CT molecular complexity index is 302. The van der Waals surface area contributed by atoms with Crippen LogP contribution in [0, 0.1) is 0 Å². The molecule has 0 aromatic rings. The van der Waals surface area contributed by atoms with E-state index >= 15 is 0 Å². The molecule has 0 aromatic carbocycles. The number of amides is 2. The molecule has 20 heavy (non-hydrogen) atoms. The first-order valence-corrected chi connectivity index (χ1v) is 6.94. The van der Waals surface area contributed by atoms with Crippen molar-refractivity contribution >= 4 is 12.0 Å². The Labute approximate surface area is 120 Å². The molecule has 0 bridgehead atoms. The fourth-order valence-corrected chi connectivity index (χ4v) is 1.47. The summed E-state index contributed by atoms with van der Waals surface area (Å²) >= 11 is 0. The molecule has 0 saturated carbocycles. The monoisotopic (exact) mass is 288 g/mol. The van der Waals surface area contributed by atoms with Crippen molar-refractivity contribution in [3.05, 3.63) is 0 Å². The summed E-state index contributed by atoms with van der Waals surface area (Å²) in [6.45, 7) is 6.61. The second-order valence-corrected chi connectivity index (χ2v) is 5.67. The van der Waals surface area contributed by atoms with Gasteiger partial charge in [-0.1, -0.05) is 0 Å². The Morgan fingerprint density at radius 3 is 2.35 bits per heavy atom. The predicted octanol–water partition coefficient (Wildman–Crippen LogP) is 0.0836. The van der Waals surface area contributed by atoms with Gasteiger partial charge in [0, 0.05) is 25.6 Å². The molecule has 0 aliphatic heterocycles. The first kappa shape index (κ1) is 18.7. The van der Waals surface area contributed by atoms with Crippen LogP contribution in [0.2, 0.25) is 0 Å². The van der Waals surface area contributed by atoms with Gasteiger partial charge in [-0.05, 0) is 40.2 Å². The molecule has 7 heteroatoms. The zero-order valence-corrected chi connectivity index (χ0v) is 12.7. The van der Waals surface area contributed by atoms with Crippen molar-refractivity contribution in [1.29, 1.82) is 0 Å². The smallest absolute Gasteiger partial charge is 0.407 e. The third kappa shape index (κ3) is 11.7. The molecule has 0 aromatic heterocycles. The molecule has 0 rings (SSSR count). The van der Waals surface area contributed by atoms with Crippen LogP contribution < -0.4 is 22.1 Å². The molecule has 2 amide bonds. The van der Waals surface area contributed by atoms with Gasteiger partial charge in [0.1, 0.15) is 5.60 Å². The number of carbonyl (C=O) groups excluding carboxylic acids is 2. The number of ether oxygens (including phenoxy) is 1. The lowest BCUT2D eigenvalue weighted by Gasteiger charge is -2.19. The highest BCUT2D eigenvalue weighted by molar-refractivity contribution is 5.76. The van der Waals surface area contributed by atoms with Gasteiger partial charge < -0.3 is 26.8 Å². The standard InChI is InChI=1S/C13H28N4O3/c1-13(2,3)20-12(19)17-8-7-16-11(18)9-10(15)5-4-6-14/h10H,4-9,14-15H2,1-3H3,(H,16,18)(H,17,19)/t10-/m0/s1. The maximum absolute atomic E-state index is 11.5. The van der Waals surface area contributed by atoms with Crippen molar-refractivity contribution in [3.63, 3.8) is 0 Å². The molecule has 0 aliphatic carbocycles. The lowest BCUT2D eigenvalue weighted by molar-refractivity contribution is -0.121. The van der Waals surface area contributed by atoms with E-state index in [1.54, 1.807) is 20.8 Å². The summed E-state index contributed by atoms with van der Waals surface area (Å²) in [5.41, 5.74) is 10.6. The minimum atomic E-state index is -0.525. The molecule has 0 heterocycles. The lowest BCUT2D eigenvalue weighted by Crippen LogP contribution is -2.39. The maximum Gasteiger partial charge on any atom is 0.407 e. The van der Waals surface area contributed by atoms with E-state index in [0.29, 0.717) is 19.6 Å². The molecule has 0 radical (unpaired) electrons. The van der Waals surface area contributed by atoms with Crippen molar-refractivity contribution in [3.8, 4) is 0 Å². The van der Waals surface area contributed by atoms with Crippen LogP contribution in [0.3, 0.4) is 0 Å². The minimum absolute atomic E-state index is 0.125. The number of nitrogens with one attached hydrogen (secondary N) is 2. The highest BCUT2D eigenvalue weighted by Crippen LogP contribution is 2.05. The SMILES string of the molecule is CC(C)(C)OC(=O)NCCNC(=O)C[C@@H](N)CCCN. The van der Waals surface area contributed by atoms with Crippen molar-refractivity contribution in [2.24, 2.45) is 11.5 Å². The van der Waals surface area contributed by atoms with Gasteiger partial charge in [0.05, 0.1) is 0 Å². The topological polar surface area (TPSA) is 119 Å². The maximum atomic E-state index is 11.5. The Kier molecular flexibility index (Phi) is 8.91. The summed E-state index contributed by atoms with van der Waals surface area (Å²) in [6, 6.07) is -0.169. The van der Waals surface area contributed by atoms with Crippen LogP contribution in [-0.2, 0) is 9.53 Å². The van der Waals surface area contributed by atoms with E-state index in [0.717, 1.165) is 12.8 Å². The van der Waals surface area contributed by atoms with Gasteiger partial charge >= 0.3 is 6.09 Å². The Balaban J connectivity index is 3.64. The van der Waals surface area contributed by atoms with Crippen LogP contribution in [0.5, 0.6) is 0 Å². The van der Waals surface area contributed by atoms with Crippen molar-refractivity contribution in [1.82, 2.24) is 10.6 Å². The number of alkyl carbamates (subject to hydrolysis) is 1. The normalized spacial score (nSPS) is 12.7. The zero-order chi connectivity index (χ0) is 15.6. The highest BCUT2D eigenvalue weighted by Gasteiger charge is 2.15. The second-order valence-electron chi connectivity index (χ2n) is 5.67. The average molecular weight is 288 g/mol. The van der Waals surface area contributed by atoms with E-state index in [4.69, 9.17) is 16.2 Å². The van der Waals surface area contributed by atoms with Gasteiger partial charge in [0.25, 0.3) is 0 Å². The van der Waals surface area contributed by atoms with Gasteiger partial charge in [0.2, 0.25) is 5.91 Å². The second kappa shape index (κ2) is 9.55. The molecule has 6 N–H and O–H groups in total. The van der Waals surface area contributed by atoms with E-state index in [2.05, 4.69) is 10.6 Å². The first-order chi connectivity index (χ1) is 9.24. The van der Waals surface area contributed by atoms with Crippen LogP contribution in [0.1, 0.15) is 40.0 Å². The molecular formula is C13H28N4O3. The van der Waals surface area contributed by atoms with Crippen LogP contribution in [0.25, 0.3) is 0 Å². The van der Waals surface area contributed by atoms with E-state index in [1.807, 2.05) is 0 Å². The summed E-state index contributed by atoms with van der Waals surface area (Å²) in [7, 11) is 0. The van der Waals surface area contributed by atoms with E-state index < -0.39 is 11.7 Å². The lowest BCUT2D eigenvalue weighted by atomic mass is 10.1. The number of rotatable bonds is 8. The molecule has 0 saturated heterocycles. The summed E-state index contributed by atoms with van der Waals surface area (Å²) < 4.78 is 5.06. The third-order valence-corrected chi connectivity index (χ3v) is 2.34. The number of hydrogen-bond acceptors (Lipinski definition) is 5. The molecule has 0 aliphatic rings. The van der Waals surface area contributed by atoms with Gasteiger partial charge in [-0.25, -0.2) is 4.79 Å². The van der Waals surface area contributed by atoms with E-state index in [-0.39, 0.29) is 18.4 Å². The van der Waals surface area contributed by atoms with Crippen molar-refractivity contribution in [2.75, 3.05) is 19.6 Å². The van der Waals surface area contributed by atoms with Crippen LogP contribution in [0.4, 0.5) is 4.79 Å². The van der Waals surface area contributed by atoms with E-state index in [1.165, 1.54) is 0 Å². The summed E-state index contributed by atoms with van der Waals surface area (Å²) in [4.78, 5) is 22.8. The van der Waals surface area contributed by atoms with E-state index in [9.17, 15) is 9.59 Å². The first-order valence-electron chi connectivity index (χ1n) is 6.94. The van der Waals surface area contributed by atoms with Crippen molar-refractivity contribution in [2.45, 2.75) is 51.7 Å². The Hall–Kier alpha value is -1.34. The van der Waals surface area contributed by atoms with Crippen LogP contribution >= 0.6 is 0 Å². The fourth-order valence-electron chi connectivity index (χ4n) is 1.47. The Morgan fingerprint density at radius 2 is 1.80 bits per heavy atom. The minimum Gasteiger partial charge on any atom is -0.444 e. The summed E-state index contributed by atoms with van der Waals surface area (Å²) in [5, 5.41) is 5.25. The average Bonchev–Trinajstić information content (AvgIpc) is 2.30. The molecule has 0 fully saturated rings. The third-order valence-electron chi connectivity index (χ3n) is 2.34.